The van der Waals surface area contributed by atoms with Crippen molar-refractivity contribution >= 4 is 11.8 Å². The van der Waals surface area contributed by atoms with Crippen LogP contribution in [0.3, 0.4) is 0 Å². The Balaban J connectivity index is 2.58. The highest BCUT2D eigenvalue weighted by molar-refractivity contribution is 5.93. The molecule has 0 spiro atoms. The van der Waals surface area contributed by atoms with E-state index in [0.717, 1.165) is 11.1 Å². The van der Waals surface area contributed by atoms with Crippen molar-refractivity contribution in [3.8, 4) is 0 Å². The van der Waals surface area contributed by atoms with E-state index in [9.17, 15) is 9.59 Å². The van der Waals surface area contributed by atoms with Gasteiger partial charge in [0.05, 0.1) is 6.54 Å². The van der Waals surface area contributed by atoms with Gasteiger partial charge in [-0.25, -0.2) is 0 Å². The lowest BCUT2D eigenvalue weighted by Crippen LogP contribution is -2.32. The second kappa shape index (κ2) is 6.16. The number of carbonyl (C=O) groups excluding carboxylic acids is 2. The van der Waals surface area contributed by atoms with Crippen molar-refractivity contribution in [2.45, 2.75) is 13.5 Å². The number of nitrogens with zero attached hydrogens (tertiary/aromatic N) is 1. The van der Waals surface area contributed by atoms with Crippen molar-refractivity contribution in [1.29, 1.82) is 0 Å². The Hall–Kier alpha value is -1.88. The predicted octanol–water partition coefficient (Wildman–Crippen LogP) is 0.272. The molecule has 98 valence electrons. The average Bonchev–Trinajstić information content (AvgIpc) is 2.30. The summed E-state index contributed by atoms with van der Waals surface area (Å²) in [7, 11) is 3.44. The second-order valence-corrected chi connectivity index (χ2v) is 4.40. The summed E-state index contributed by atoms with van der Waals surface area (Å²) in [5.74, 6) is -0.401. The largest absolute Gasteiger partial charge is 0.366 e. The number of likely N-dealkylation sites (N-methyl/N-ethyl adjacent to an activating group) is 1. The highest BCUT2D eigenvalue weighted by Gasteiger charge is 2.06. The third-order valence-corrected chi connectivity index (χ3v) is 2.72. The van der Waals surface area contributed by atoms with E-state index in [1.54, 1.807) is 26.2 Å². The van der Waals surface area contributed by atoms with E-state index in [1.165, 1.54) is 4.90 Å². The van der Waals surface area contributed by atoms with Gasteiger partial charge in [0.25, 0.3) is 0 Å². The van der Waals surface area contributed by atoms with Gasteiger partial charge < -0.3 is 16.0 Å². The lowest BCUT2D eigenvalue weighted by atomic mass is 10.0. The van der Waals surface area contributed by atoms with Crippen LogP contribution in [0.1, 0.15) is 21.5 Å². The molecule has 5 heteroatoms. The fraction of sp³-hybridized carbons (Fsp3) is 0.385. The lowest BCUT2D eigenvalue weighted by Gasteiger charge is -2.12. The zero-order chi connectivity index (χ0) is 13.7. The standard InChI is InChI=1S/C13H19N3O2/c1-9-6-10(13(14)18)4-5-11(9)7-15-8-12(17)16(2)3/h4-6,15H,7-8H2,1-3H3,(H2,14,18). The Labute approximate surface area is 107 Å². The Kier molecular flexibility index (Phi) is 4.85. The van der Waals surface area contributed by atoms with Crippen molar-refractivity contribution in [2.24, 2.45) is 5.73 Å². The molecule has 0 heterocycles. The highest BCUT2D eigenvalue weighted by atomic mass is 16.2. The van der Waals surface area contributed by atoms with E-state index in [4.69, 9.17) is 5.73 Å². The third-order valence-electron chi connectivity index (χ3n) is 2.72. The maximum Gasteiger partial charge on any atom is 0.248 e. The molecule has 0 aliphatic rings. The van der Waals surface area contributed by atoms with Crippen molar-refractivity contribution in [3.05, 3.63) is 34.9 Å². The van der Waals surface area contributed by atoms with Gasteiger partial charge in [-0.05, 0) is 30.2 Å². The Morgan fingerprint density at radius 2 is 2.00 bits per heavy atom. The number of nitrogens with two attached hydrogens (primary N) is 1. The fourth-order valence-electron chi connectivity index (χ4n) is 1.51. The van der Waals surface area contributed by atoms with Gasteiger partial charge in [0, 0.05) is 26.2 Å². The normalized spacial score (nSPS) is 10.2. The zero-order valence-electron chi connectivity index (χ0n) is 11.0. The minimum Gasteiger partial charge on any atom is -0.366 e. The van der Waals surface area contributed by atoms with Gasteiger partial charge in [0.15, 0.2) is 0 Å². The quantitative estimate of drug-likeness (QED) is 0.786. The number of benzene rings is 1. The number of rotatable bonds is 5. The summed E-state index contributed by atoms with van der Waals surface area (Å²) >= 11 is 0. The molecule has 1 aromatic rings. The number of hydrogen-bond acceptors (Lipinski definition) is 3. The number of carbonyl (C=O) groups is 2. The van der Waals surface area contributed by atoms with Crippen LogP contribution in [0.2, 0.25) is 0 Å². The van der Waals surface area contributed by atoms with Crippen LogP contribution in [0, 0.1) is 6.92 Å². The molecule has 0 fully saturated rings. The summed E-state index contributed by atoms with van der Waals surface area (Å²) in [6, 6.07) is 5.30. The number of hydrogen-bond donors (Lipinski definition) is 2. The second-order valence-electron chi connectivity index (χ2n) is 4.40. The van der Waals surface area contributed by atoms with Crippen molar-refractivity contribution in [1.82, 2.24) is 10.2 Å². The molecule has 0 aromatic heterocycles. The van der Waals surface area contributed by atoms with E-state index in [1.807, 2.05) is 13.0 Å². The number of amides is 2. The molecule has 0 radical (unpaired) electrons. The predicted molar refractivity (Wildman–Crippen MR) is 70.1 cm³/mol. The number of primary amides is 1. The molecular weight excluding hydrogens is 230 g/mol. The van der Waals surface area contributed by atoms with Crippen LogP contribution in [-0.4, -0.2) is 37.4 Å². The molecule has 5 nitrogen and oxygen atoms in total. The molecule has 0 saturated heterocycles. The number of aryl methyl sites for hydroxylation is 1. The Bertz CT molecular complexity index is 456. The van der Waals surface area contributed by atoms with Crippen LogP contribution in [0.25, 0.3) is 0 Å². The van der Waals surface area contributed by atoms with E-state index >= 15 is 0 Å². The van der Waals surface area contributed by atoms with E-state index in [-0.39, 0.29) is 5.91 Å². The van der Waals surface area contributed by atoms with E-state index in [0.29, 0.717) is 18.7 Å². The zero-order valence-corrected chi connectivity index (χ0v) is 11.0. The van der Waals surface area contributed by atoms with Gasteiger partial charge in [-0.15, -0.1) is 0 Å². The SMILES string of the molecule is Cc1cc(C(N)=O)ccc1CNCC(=O)N(C)C. The maximum absolute atomic E-state index is 11.4. The Morgan fingerprint density at radius 3 is 2.50 bits per heavy atom. The molecule has 3 N–H and O–H groups in total. The minimum atomic E-state index is -0.430. The summed E-state index contributed by atoms with van der Waals surface area (Å²) < 4.78 is 0. The summed E-state index contributed by atoms with van der Waals surface area (Å²) in [6.45, 7) is 2.80. The lowest BCUT2D eigenvalue weighted by molar-refractivity contribution is -0.127. The van der Waals surface area contributed by atoms with E-state index < -0.39 is 5.91 Å². The highest BCUT2D eigenvalue weighted by Crippen LogP contribution is 2.10. The summed E-state index contributed by atoms with van der Waals surface area (Å²) in [6.07, 6.45) is 0. The van der Waals surface area contributed by atoms with Gasteiger partial charge in [-0.1, -0.05) is 6.07 Å². The van der Waals surface area contributed by atoms with Crippen LogP contribution in [0.5, 0.6) is 0 Å². The smallest absolute Gasteiger partial charge is 0.248 e. The molecule has 0 aliphatic heterocycles. The maximum atomic E-state index is 11.4. The summed E-state index contributed by atoms with van der Waals surface area (Å²) in [4.78, 5) is 23.9. The monoisotopic (exact) mass is 249 g/mol. The van der Waals surface area contributed by atoms with Gasteiger partial charge in [-0.2, -0.15) is 0 Å². The molecule has 0 atom stereocenters. The molecule has 0 saturated carbocycles. The van der Waals surface area contributed by atoms with Crippen LogP contribution in [0.15, 0.2) is 18.2 Å². The van der Waals surface area contributed by atoms with Gasteiger partial charge in [0.1, 0.15) is 0 Å². The average molecular weight is 249 g/mol. The molecule has 0 bridgehead atoms. The van der Waals surface area contributed by atoms with Crippen molar-refractivity contribution in [2.75, 3.05) is 20.6 Å². The van der Waals surface area contributed by atoms with E-state index in [2.05, 4.69) is 5.32 Å². The first-order chi connectivity index (χ1) is 8.41. The molecule has 2 amide bonds. The minimum absolute atomic E-state index is 0.0291. The first-order valence-electron chi connectivity index (χ1n) is 5.72. The summed E-state index contributed by atoms with van der Waals surface area (Å²) in [5, 5.41) is 3.06. The van der Waals surface area contributed by atoms with Gasteiger partial charge in [-0.3, -0.25) is 9.59 Å². The molecule has 1 aromatic carbocycles. The van der Waals surface area contributed by atoms with Crippen LogP contribution in [-0.2, 0) is 11.3 Å². The van der Waals surface area contributed by atoms with Crippen LogP contribution >= 0.6 is 0 Å². The first-order valence-corrected chi connectivity index (χ1v) is 5.72. The third kappa shape index (κ3) is 3.85. The van der Waals surface area contributed by atoms with Crippen LogP contribution < -0.4 is 11.1 Å². The molecular formula is C13H19N3O2. The van der Waals surface area contributed by atoms with Crippen LogP contribution in [0.4, 0.5) is 0 Å². The van der Waals surface area contributed by atoms with Gasteiger partial charge >= 0.3 is 0 Å². The molecule has 18 heavy (non-hydrogen) atoms. The Morgan fingerprint density at radius 1 is 1.33 bits per heavy atom. The molecule has 1 rings (SSSR count). The van der Waals surface area contributed by atoms with Gasteiger partial charge in [0.2, 0.25) is 11.8 Å². The fourth-order valence-corrected chi connectivity index (χ4v) is 1.51. The molecule has 0 aliphatic carbocycles. The van der Waals surface area contributed by atoms with Crippen molar-refractivity contribution < 1.29 is 9.59 Å². The first kappa shape index (κ1) is 14.2. The number of nitrogens with one attached hydrogen (secondary N) is 1. The molecule has 0 unspecified atom stereocenters. The summed E-state index contributed by atoms with van der Waals surface area (Å²) in [5.41, 5.74) is 7.73. The topological polar surface area (TPSA) is 75.4 Å². The van der Waals surface area contributed by atoms with Crippen molar-refractivity contribution in [3.63, 3.8) is 0 Å².